The molecule has 0 aromatic carbocycles. The Bertz CT molecular complexity index is 656. The second kappa shape index (κ2) is 6.78. The van der Waals surface area contributed by atoms with Crippen LogP contribution in [0.25, 0.3) is 0 Å². The van der Waals surface area contributed by atoms with Gasteiger partial charge >= 0.3 is 13.9 Å². The van der Waals surface area contributed by atoms with Gasteiger partial charge in [0.15, 0.2) is 12.3 Å². The third-order valence-electron chi connectivity index (χ3n) is 3.31. The Labute approximate surface area is 125 Å². The van der Waals surface area contributed by atoms with Crippen LogP contribution >= 0.6 is 8.25 Å². The molecule has 1 aromatic rings. The number of aromatic amines is 1. The van der Waals surface area contributed by atoms with Crippen LogP contribution in [0.1, 0.15) is 13.2 Å². The molecule has 2 unspecified atom stereocenters. The summed E-state index contributed by atoms with van der Waals surface area (Å²) in [5.74, 6) is 0. The first-order chi connectivity index (χ1) is 10.3. The lowest BCUT2D eigenvalue weighted by Gasteiger charge is -2.19. The summed E-state index contributed by atoms with van der Waals surface area (Å²) in [4.78, 5) is 34.0. The number of nitrogens with one attached hydrogen (secondary N) is 1. The van der Waals surface area contributed by atoms with Crippen LogP contribution in [0.4, 0.5) is 0 Å². The van der Waals surface area contributed by atoms with Gasteiger partial charge < -0.3 is 14.6 Å². The molecule has 1 fully saturated rings. The molecule has 10 nitrogen and oxygen atoms in total. The number of aliphatic hydroxyl groups excluding tert-OH is 1. The smallest absolute Gasteiger partial charge is 0.391 e. The van der Waals surface area contributed by atoms with Crippen LogP contribution in [0.2, 0.25) is 0 Å². The molecular formula is C11H16N2O8P+. The Balaban J connectivity index is 2.41. The zero-order valence-electron chi connectivity index (χ0n) is 11.8. The van der Waals surface area contributed by atoms with Gasteiger partial charge in [0, 0.05) is 23.9 Å². The summed E-state index contributed by atoms with van der Waals surface area (Å²) in [5.41, 5.74) is -1.32. The van der Waals surface area contributed by atoms with Crippen molar-refractivity contribution in [3.63, 3.8) is 0 Å². The first-order valence-corrected chi connectivity index (χ1v) is 7.49. The maximum atomic E-state index is 11.9. The van der Waals surface area contributed by atoms with Crippen LogP contribution in [-0.2, 0) is 18.6 Å². The molecule has 0 amide bonds. The second-order valence-electron chi connectivity index (χ2n) is 4.76. The molecule has 3 N–H and O–H groups in total. The average molecular weight is 335 g/mol. The van der Waals surface area contributed by atoms with E-state index in [1.165, 1.54) is 20.2 Å². The van der Waals surface area contributed by atoms with E-state index < -0.39 is 50.1 Å². The Morgan fingerprint density at radius 3 is 2.64 bits per heavy atom. The van der Waals surface area contributed by atoms with Gasteiger partial charge in [0.1, 0.15) is 12.2 Å². The van der Waals surface area contributed by atoms with Crippen molar-refractivity contribution in [1.29, 1.82) is 0 Å². The molecule has 0 bridgehead atoms. The Hall–Kier alpha value is -1.42. The number of nitrogens with zero attached hydrogens (tertiary/aromatic N) is 1. The summed E-state index contributed by atoms with van der Waals surface area (Å²) in [6.45, 7) is 1.41. The van der Waals surface area contributed by atoms with Gasteiger partial charge in [-0.25, -0.2) is 4.79 Å². The molecule has 2 rings (SSSR count). The quantitative estimate of drug-likeness (QED) is 0.574. The van der Waals surface area contributed by atoms with Crippen LogP contribution in [0, 0.1) is 0 Å². The molecular weight excluding hydrogens is 319 g/mol. The normalized spacial score (nSPS) is 30.3. The average Bonchev–Trinajstić information content (AvgIpc) is 2.76. The van der Waals surface area contributed by atoms with Crippen molar-refractivity contribution >= 4 is 8.25 Å². The maximum Gasteiger partial charge on any atom is 0.695 e. The molecule has 0 aliphatic carbocycles. The number of aliphatic hydroxyl groups is 1. The highest BCUT2D eigenvalue weighted by molar-refractivity contribution is 7.32. The lowest BCUT2D eigenvalue weighted by Crippen LogP contribution is -2.40. The van der Waals surface area contributed by atoms with E-state index in [1.807, 2.05) is 0 Å². The summed E-state index contributed by atoms with van der Waals surface area (Å²) in [6.07, 6.45) is -3.86. The van der Waals surface area contributed by atoms with Crippen LogP contribution < -0.4 is 11.2 Å². The van der Waals surface area contributed by atoms with Gasteiger partial charge in [-0.15, -0.1) is 9.42 Å². The topological polar surface area (TPSA) is 140 Å². The molecule has 1 saturated heterocycles. The summed E-state index contributed by atoms with van der Waals surface area (Å²) in [5, 5.41) is 9.74. The van der Waals surface area contributed by atoms with Crippen LogP contribution in [0.5, 0.6) is 0 Å². The van der Waals surface area contributed by atoms with E-state index in [-0.39, 0.29) is 0 Å². The number of ether oxygens (including phenoxy) is 2. The molecule has 2 heterocycles. The van der Waals surface area contributed by atoms with Crippen LogP contribution in [0.15, 0.2) is 21.9 Å². The van der Waals surface area contributed by atoms with E-state index in [4.69, 9.17) is 18.9 Å². The third kappa shape index (κ3) is 3.32. The highest BCUT2D eigenvalue weighted by Crippen LogP contribution is 2.37. The first kappa shape index (κ1) is 16.9. The summed E-state index contributed by atoms with van der Waals surface area (Å²) < 4.78 is 27.6. The van der Waals surface area contributed by atoms with Crippen molar-refractivity contribution in [3.8, 4) is 0 Å². The third-order valence-corrected chi connectivity index (χ3v) is 3.73. The Morgan fingerprint density at radius 1 is 1.45 bits per heavy atom. The number of hydrogen-bond donors (Lipinski definition) is 3. The highest BCUT2D eigenvalue weighted by Gasteiger charge is 2.52. The summed E-state index contributed by atoms with van der Waals surface area (Å²) in [6, 6.07) is 1.12. The van der Waals surface area contributed by atoms with Gasteiger partial charge in [-0.1, -0.05) is 0 Å². The van der Waals surface area contributed by atoms with E-state index in [9.17, 15) is 19.3 Å². The fraction of sp³-hybridized carbons (Fsp3) is 0.636. The predicted octanol–water partition coefficient (Wildman–Crippen LogP) is -1.14. The molecule has 22 heavy (non-hydrogen) atoms. The summed E-state index contributed by atoms with van der Waals surface area (Å²) in [7, 11) is -1.65. The van der Waals surface area contributed by atoms with Gasteiger partial charge in [0.25, 0.3) is 5.56 Å². The van der Waals surface area contributed by atoms with Crippen LogP contribution in [0.3, 0.4) is 0 Å². The fourth-order valence-electron chi connectivity index (χ4n) is 2.38. The molecule has 122 valence electrons. The molecule has 1 aliphatic heterocycles. The first-order valence-electron chi connectivity index (χ1n) is 6.36. The number of aromatic nitrogens is 2. The van der Waals surface area contributed by atoms with Crippen molar-refractivity contribution in [3.05, 3.63) is 33.1 Å². The SMILES string of the molecule is COC1[C@@H](O[P+](=O)O)[C@@H]([C@@H](C)O)O[C@H]1n1ccc(=O)[nH]c1=O. The lowest BCUT2D eigenvalue weighted by atomic mass is 10.1. The zero-order valence-corrected chi connectivity index (χ0v) is 12.7. The van der Waals surface area contributed by atoms with Crippen molar-refractivity contribution in [2.75, 3.05) is 7.11 Å². The van der Waals surface area contributed by atoms with Crippen molar-refractivity contribution in [1.82, 2.24) is 9.55 Å². The van der Waals surface area contributed by atoms with Crippen molar-refractivity contribution in [2.45, 2.75) is 37.6 Å². The molecule has 0 radical (unpaired) electrons. The van der Waals surface area contributed by atoms with Crippen LogP contribution in [-0.4, -0.2) is 51.1 Å². The molecule has 1 aromatic heterocycles. The molecule has 6 atom stereocenters. The number of hydrogen-bond acceptors (Lipinski definition) is 7. The van der Waals surface area contributed by atoms with Gasteiger partial charge in [0.05, 0.1) is 6.10 Å². The van der Waals surface area contributed by atoms with Gasteiger partial charge in [0.2, 0.25) is 0 Å². The van der Waals surface area contributed by atoms with Crippen molar-refractivity contribution < 1.29 is 28.6 Å². The van der Waals surface area contributed by atoms with Crippen molar-refractivity contribution in [2.24, 2.45) is 0 Å². The van der Waals surface area contributed by atoms with Gasteiger partial charge in [-0.05, 0) is 6.92 Å². The predicted molar refractivity (Wildman–Crippen MR) is 72.4 cm³/mol. The van der Waals surface area contributed by atoms with Gasteiger partial charge in [-0.2, -0.15) is 0 Å². The fourth-order valence-corrected chi connectivity index (χ4v) is 2.83. The molecule has 1 aliphatic rings. The number of H-pyrrole nitrogens is 1. The monoisotopic (exact) mass is 335 g/mol. The minimum atomic E-state index is -2.96. The minimum Gasteiger partial charge on any atom is -0.391 e. The number of rotatable bonds is 5. The van der Waals surface area contributed by atoms with E-state index in [0.717, 1.165) is 10.6 Å². The lowest BCUT2D eigenvalue weighted by molar-refractivity contribution is -0.0817. The molecule has 11 heteroatoms. The van der Waals surface area contributed by atoms with Gasteiger partial charge in [-0.3, -0.25) is 14.3 Å². The van der Waals surface area contributed by atoms with E-state index in [0.29, 0.717) is 0 Å². The Morgan fingerprint density at radius 2 is 2.14 bits per heavy atom. The molecule has 0 spiro atoms. The Kier molecular flexibility index (Phi) is 5.22. The van der Waals surface area contributed by atoms with E-state index >= 15 is 0 Å². The summed E-state index contributed by atoms with van der Waals surface area (Å²) >= 11 is 0. The van der Waals surface area contributed by atoms with E-state index in [2.05, 4.69) is 4.98 Å². The second-order valence-corrected chi connectivity index (χ2v) is 5.44. The molecule has 0 saturated carbocycles. The largest absolute Gasteiger partial charge is 0.695 e. The minimum absolute atomic E-state index is 0.577. The van der Waals surface area contributed by atoms with E-state index in [1.54, 1.807) is 0 Å². The standard InChI is InChI=1S/C11H15N2O8P/c1-5(14)7-8(21-22(17)18)9(19-2)10(20-7)13-4-3-6(15)12-11(13)16/h3-5,7-10,14H,1-2H3,(H-,12,15,16,17,18)/p+1/t5-,7-,8+,9?,10-/m1/s1. The number of methoxy groups -OCH3 is 1. The zero-order chi connectivity index (χ0) is 16.4. The maximum absolute atomic E-state index is 11.9. The highest BCUT2D eigenvalue weighted by atomic mass is 31.1.